The molecule has 32 heavy (non-hydrogen) atoms. The Hall–Kier alpha value is -3.29. The van der Waals surface area contributed by atoms with E-state index in [0.29, 0.717) is 21.0 Å². The maximum Gasteiger partial charge on any atom is 0.416 e. The first-order chi connectivity index (χ1) is 15.1. The Bertz CT molecular complexity index is 1320. The van der Waals surface area contributed by atoms with Gasteiger partial charge in [-0.2, -0.15) is 18.4 Å². The Kier molecular flexibility index (Phi) is 5.48. The molecule has 0 saturated heterocycles. The van der Waals surface area contributed by atoms with E-state index in [1.54, 1.807) is 19.9 Å². The highest BCUT2D eigenvalue weighted by molar-refractivity contribution is 7.29. The molecule has 162 valence electrons. The number of hydrogen-bond donors (Lipinski definition) is 0. The summed E-state index contributed by atoms with van der Waals surface area (Å²) in [6.45, 7) is 3.39. The van der Waals surface area contributed by atoms with E-state index in [2.05, 4.69) is 4.98 Å². The van der Waals surface area contributed by atoms with Gasteiger partial charge < -0.3 is 0 Å². The quantitative estimate of drug-likeness (QED) is 0.364. The number of thiophene rings is 1. The Morgan fingerprint density at radius 1 is 1.16 bits per heavy atom. The number of likely N-dealkylation sites (N-methyl/N-ethyl adjacent to an activating group) is 1. The van der Waals surface area contributed by atoms with Crippen molar-refractivity contribution in [3.63, 3.8) is 0 Å². The van der Waals surface area contributed by atoms with Crippen molar-refractivity contribution in [2.45, 2.75) is 20.0 Å². The molecule has 2 amide bonds. The summed E-state index contributed by atoms with van der Waals surface area (Å²) in [6, 6.07) is 8.55. The third-order valence-electron chi connectivity index (χ3n) is 5.00. The molecule has 0 spiro atoms. The SMILES string of the molecule is CCN1C(=O)C(C#N)=C(C)/C(=C/c2cc3sc(-c4ccc(C(F)(F)F)cc4)nc3s2)C1=O. The number of carbonyl (C=O) groups excluding carboxylic acids is 2. The minimum absolute atomic E-state index is 0.0567. The number of benzene rings is 1. The summed E-state index contributed by atoms with van der Waals surface area (Å²) >= 11 is 2.65. The molecule has 3 heterocycles. The predicted molar refractivity (Wildman–Crippen MR) is 117 cm³/mol. The lowest BCUT2D eigenvalue weighted by molar-refractivity contribution is -0.140. The van der Waals surface area contributed by atoms with Crippen LogP contribution in [0.15, 0.2) is 47.1 Å². The average molecular weight is 474 g/mol. The average Bonchev–Trinajstić information content (AvgIpc) is 3.30. The summed E-state index contributed by atoms with van der Waals surface area (Å²) < 4.78 is 39.1. The zero-order valence-electron chi connectivity index (χ0n) is 16.8. The van der Waals surface area contributed by atoms with Gasteiger partial charge in [0.25, 0.3) is 11.8 Å². The van der Waals surface area contributed by atoms with E-state index in [-0.39, 0.29) is 17.7 Å². The molecule has 1 aliphatic heterocycles. The van der Waals surface area contributed by atoms with Crippen molar-refractivity contribution in [2.24, 2.45) is 0 Å². The largest absolute Gasteiger partial charge is 0.416 e. The van der Waals surface area contributed by atoms with Crippen LogP contribution in [0.4, 0.5) is 13.2 Å². The number of fused-ring (bicyclic) bond motifs is 1. The van der Waals surface area contributed by atoms with Crippen LogP contribution >= 0.6 is 22.7 Å². The molecule has 2 aromatic heterocycles. The summed E-state index contributed by atoms with van der Waals surface area (Å²) in [5.74, 6) is -1.05. The fraction of sp³-hybridized carbons (Fsp3) is 0.182. The molecule has 4 rings (SSSR count). The lowest BCUT2D eigenvalue weighted by atomic mass is 9.95. The molecule has 0 unspecified atom stereocenters. The summed E-state index contributed by atoms with van der Waals surface area (Å²) in [5, 5.41) is 9.93. The van der Waals surface area contributed by atoms with Gasteiger partial charge in [0, 0.05) is 22.6 Å². The van der Waals surface area contributed by atoms with Crippen LogP contribution in [0.25, 0.3) is 26.2 Å². The van der Waals surface area contributed by atoms with Crippen LogP contribution in [0.2, 0.25) is 0 Å². The number of thiazole rings is 1. The number of rotatable bonds is 3. The van der Waals surface area contributed by atoms with Gasteiger partial charge in [-0.1, -0.05) is 12.1 Å². The van der Waals surface area contributed by atoms with Crippen molar-refractivity contribution in [1.29, 1.82) is 5.26 Å². The number of nitriles is 1. The van der Waals surface area contributed by atoms with Crippen molar-refractivity contribution < 1.29 is 22.8 Å². The molecular weight excluding hydrogens is 459 g/mol. The minimum Gasteiger partial charge on any atom is -0.274 e. The van der Waals surface area contributed by atoms with Crippen molar-refractivity contribution in [3.8, 4) is 16.6 Å². The number of imide groups is 1. The smallest absolute Gasteiger partial charge is 0.274 e. The Morgan fingerprint density at radius 2 is 1.84 bits per heavy atom. The number of hydrogen-bond acceptors (Lipinski definition) is 6. The first kappa shape index (κ1) is 21.9. The minimum atomic E-state index is -4.39. The van der Waals surface area contributed by atoms with Gasteiger partial charge >= 0.3 is 6.18 Å². The van der Waals surface area contributed by atoms with Crippen LogP contribution in [0.3, 0.4) is 0 Å². The van der Waals surface area contributed by atoms with Gasteiger partial charge in [0.05, 0.1) is 10.3 Å². The fourth-order valence-electron chi connectivity index (χ4n) is 3.31. The van der Waals surface area contributed by atoms with Gasteiger partial charge in [-0.15, -0.1) is 22.7 Å². The fourth-order valence-corrected chi connectivity index (χ4v) is 5.48. The maximum atomic E-state index is 12.8. The number of nitrogens with zero attached hydrogens (tertiary/aromatic N) is 3. The monoisotopic (exact) mass is 473 g/mol. The highest BCUT2D eigenvalue weighted by Crippen LogP contribution is 2.38. The van der Waals surface area contributed by atoms with Crippen LogP contribution in [-0.4, -0.2) is 28.2 Å². The molecule has 1 aromatic carbocycles. The zero-order chi connectivity index (χ0) is 23.2. The van der Waals surface area contributed by atoms with E-state index in [0.717, 1.165) is 26.6 Å². The number of aromatic nitrogens is 1. The summed E-state index contributed by atoms with van der Waals surface area (Å²) in [6.07, 6.45) is -2.75. The van der Waals surface area contributed by atoms with E-state index in [4.69, 9.17) is 0 Å². The van der Waals surface area contributed by atoms with Gasteiger partial charge in [-0.3, -0.25) is 14.5 Å². The molecular formula is C22H14F3N3O2S2. The summed E-state index contributed by atoms with van der Waals surface area (Å²) in [5.41, 5.74) is 0.426. The van der Waals surface area contributed by atoms with Crippen molar-refractivity contribution in [2.75, 3.05) is 6.54 Å². The summed E-state index contributed by atoms with van der Waals surface area (Å²) in [7, 11) is 0. The van der Waals surface area contributed by atoms with Gasteiger partial charge in [0.2, 0.25) is 0 Å². The molecule has 3 aromatic rings. The zero-order valence-corrected chi connectivity index (χ0v) is 18.4. The van der Waals surface area contributed by atoms with Gasteiger partial charge in [-0.25, -0.2) is 4.98 Å². The molecule has 0 fully saturated rings. The highest BCUT2D eigenvalue weighted by atomic mass is 32.1. The number of carbonyl (C=O) groups is 2. The molecule has 10 heteroatoms. The number of amides is 2. The van der Waals surface area contributed by atoms with E-state index in [1.165, 1.54) is 34.8 Å². The molecule has 1 aliphatic rings. The Morgan fingerprint density at radius 3 is 2.41 bits per heavy atom. The Balaban J connectivity index is 1.69. The van der Waals surface area contributed by atoms with Crippen LogP contribution in [0.1, 0.15) is 24.3 Å². The summed E-state index contributed by atoms with van der Waals surface area (Å²) in [4.78, 5) is 32.0. The first-order valence-electron chi connectivity index (χ1n) is 9.41. The topological polar surface area (TPSA) is 74.1 Å². The highest BCUT2D eigenvalue weighted by Gasteiger charge is 2.34. The third kappa shape index (κ3) is 3.74. The van der Waals surface area contributed by atoms with Gasteiger partial charge in [0.1, 0.15) is 21.5 Å². The van der Waals surface area contributed by atoms with E-state index in [9.17, 15) is 28.0 Å². The molecule has 0 aliphatic carbocycles. The molecule has 0 saturated carbocycles. The molecule has 5 nitrogen and oxygen atoms in total. The third-order valence-corrected chi connectivity index (χ3v) is 7.15. The first-order valence-corrected chi connectivity index (χ1v) is 11.0. The van der Waals surface area contributed by atoms with Crippen molar-refractivity contribution in [1.82, 2.24) is 9.88 Å². The second-order valence-electron chi connectivity index (χ2n) is 6.94. The Labute approximate surface area is 188 Å². The van der Waals surface area contributed by atoms with Crippen molar-refractivity contribution in [3.05, 3.63) is 57.5 Å². The van der Waals surface area contributed by atoms with E-state index in [1.807, 2.05) is 12.1 Å². The van der Waals surface area contributed by atoms with Crippen LogP contribution in [0.5, 0.6) is 0 Å². The molecule has 0 bridgehead atoms. The molecule has 0 atom stereocenters. The van der Waals surface area contributed by atoms with Crippen LogP contribution < -0.4 is 0 Å². The lowest BCUT2D eigenvalue weighted by Gasteiger charge is -2.26. The lowest BCUT2D eigenvalue weighted by Crippen LogP contribution is -2.42. The predicted octanol–water partition coefficient (Wildman–Crippen LogP) is 5.66. The second kappa shape index (κ2) is 8.00. The number of halogens is 3. The van der Waals surface area contributed by atoms with Crippen molar-refractivity contribution >= 4 is 50.1 Å². The number of alkyl halides is 3. The van der Waals surface area contributed by atoms with E-state index < -0.39 is 23.6 Å². The van der Waals surface area contributed by atoms with Crippen LogP contribution in [-0.2, 0) is 15.8 Å². The van der Waals surface area contributed by atoms with Crippen LogP contribution in [0, 0.1) is 11.3 Å². The van der Waals surface area contributed by atoms with Gasteiger partial charge in [0.15, 0.2) is 0 Å². The normalized spacial score (nSPS) is 16.4. The second-order valence-corrected chi connectivity index (χ2v) is 9.03. The van der Waals surface area contributed by atoms with E-state index >= 15 is 0 Å². The van der Waals surface area contributed by atoms with Gasteiger partial charge in [-0.05, 0) is 43.7 Å². The standard InChI is InChI=1S/C22H14F3N3O2S2/c1-3-28-20(29)15(11(2)16(10-26)21(28)30)8-14-9-17-19(31-14)27-18(32-17)12-4-6-13(7-5-12)22(23,24)25/h4-9H,3H2,1-2H3/b15-8-. The maximum absolute atomic E-state index is 12.8. The molecule has 0 N–H and O–H groups in total. The molecule has 0 radical (unpaired) electrons.